The summed E-state index contributed by atoms with van der Waals surface area (Å²) in [5.41, 5.74) is 2.51. The molecule has 3 rings (SSSR count). The standard InChI is InChI=1S/C18H24N4O3/c23-16-12-20-18(25)22(16)11-5-10-19-17(24)21-15-9-4-2-7-13-6-1-3-8-14(13)15/h1,3,6,8,15H,2,4-5,7,9-12H2,(H,20,25)(H2,19,21,24)/t15-/m1/s1. The summed E-state index contributed by atoms with van der Waals surface area (Å²) in [4.78, 5) is 36.2. The summed E-state index contributed by atoms with van der Waals surface area (Å²) in [5.74, 6) is -0.218. The molecule has 5 amide bonds. The van der Waals surface area contributed by atoms with Crippen LogP contribution in [0.5, 0.6) is 0 Å². The molecule has 1 atom stereocenters. The van der Waals surface area contributed by atoms with Gasteiger partial charge in [-0.3, -0.25) is 9.69 Å². The van der Waals surface area contributed by atoms with Gasteiger partial charge in [0.15, 0.2) is 0 Å². The first-order valence-corrected chi connectivity index (χ1v) is 8.85. The molecule has 7 nitrogen and oxygen atoms in total. The van der Waals surface area contributed by atoms with Gasteiger partial charge in [-0.15, -0.1) is 0 Å². The predicted octanol–water partition coefficient (Wildman–Crippen LogP) is 1.70. The van der Waals surface area contributed by atoms with Crippen LogP contribution in [0.25, 0.3) is 0 Å². The molecular formula is C18H24N4O3. The second-order valence-electron chi connectivity index (χ2n) is 6.46. The van der Waals surface area contributed by atoms with Gasteiger partial charge in [-0.1, -0.05) is 30.7 Å². The lowest BCUT2D eigenvalue weighted by Gasteiger charge is -2.20. The van der Waals surface area contributed by atoms with Crippen LogP contribution in [0.2, 0.25) is 0 Å². The van der Waals surface area contributed by atoms with E-state index in [4.69, 9.17) is 0 Å². The summed E-state index contributed by atoms with van der Waals surface area (Å²) in [7, 11) is 0. The van der Waals surface area contributed by atoms with Crippen molar-refractivity contribution in [1.29, 1.82) is 0 Å². The highest BCUT2D eigenvalue weighted by molar-refractivity contribution is 6.01. The second kappa shape index (κ2) is 8.00. The molecule has 1 aliphatic carbocycles. The lowest BCUT2D eigenvalue weighted by atomic mass is 9.99. The minimum atomic E-state index is -0.357. The van der Waals surface area contributed by atoms with Gasteiger partial charge < -0.3 is 16.0 Å². The molecule has 2 aliphatic rings. The topological polar surface area (TPSA) is 90.5 Å². The lowest BCUT2D eigenvalue weighted by molar-refractivity contribution is -0.125. The molecule has 134 valence electrons. The van der Waals surface area contributed by atoms with Crippen LogP contribution in [0.1, 0.15) is 42.9 Å². The SMILES string of the molecule is O=C(NCCCN1C(=O)CNC1=O)N[C@@H]1CCCCc2ccccc21. The molecule has 0 aromatic heterocycles. The zero-order valence-corrected chi connectivity index (χ0v) is 14.2. The zero-order chi connectivity index (χ0) is 17.6. The number of amides is 5. The molecule has 0 unspecified atom stereocenters. The van der Waals surface area contributed by atoms with Gasteiger partial charge in [0.25, 0.3) is 0 Å². The Labute approximate surface area is 147 Å². The second-order valence-corrected chi connectivity index (χ2v) is 6.46. The van der Waals surface area contributed by atoms with Gasteiger partial charge in [-0.25, -0.2) is 9.59 Å². The number of imide groups is 1. The Morgan fingerprint density at radius 1 is 1.24 bits per heavy atom. The Bertz CT molecular complexity index is 645. The van der Waals surface area contributed by atoms with E-state index in [0.717, 1.165) is 25.7 Å². The number of nitrogens with zero attached hydrogens (tertiary/aromatic N) is 1. The van der Waals surface area contributed by atoms with E-state index in [-0.39, 0.29) is 30.6 Å². The molecule has 7 heteroatoms. The molecule has 0 saturated carbocycles. The molecule has 1 aromatic carbocycles. The van der Waals surface area contributed by atoms with Crippen molar-refractivity contribution in [2.24, 2.45) is 0 Å². The van der Waals surface area contributed by atoms with E-state index in [9.17, 15) is 14.4 Å². The third-order valence-electron chi connectivity index (χ3n) is 4.71. The molecule has 1 aromatic rings. The number of benzene rings is 1. The smallest absolute Gasteiger partial charge is 0.324 e. The monoisotopic (exact) mass is 344 g/mol. The number of carbonyl (C=O) groups is 3. The average Bonchev–Trinajstić information content (AvgIpc) is 2.81. The molecule has 0 radical (unpaired) electrons. The van der Waals surface area contributed by atoms with Crippen molar-refractivity contribution in [2.75, 3.05) is 19.6 Å². The molecular weight excluding hydrogens is 320 g/mol. The van der Waals surface area contributed by atoms with E-state index >= 15 is 0 Å². The van der Waals surface area contributed by atoms with Gasteiger partial charge in [0, 0.05) is 13.1 Å². The van der Waals surface area contributed by atoms with E-state index < -0.39 is 0 Å². The molecule has 0 spiro atoms. The van der Waals surface area contributed by atoms with Gasteiger partial charge in [-0.05, 0) is 36.8 Å². The summed E-state index contributed by atoms with van der Waals surface area (Å²) < 4.78 is 0. The van der Waals surface area contributed by atoms with Crippen LogP contribution < -0.4 is 16.0 Å². The quantitative estimate of drug-likeness (QED) is 0.431. The highest BCUT2D eigenvalue weighted by atomic mass is 16.2. The molecule has 1 saturated heterocycles. The number of hydrogen-bond donors (Lipinski definition) is 3. The normalized spacial score (nSPS) is 19.8. The van der Waals surface area contributed by atoms with Crippen LogP contribution in [0.3, 0.4) is 0 Å². The van der Waals surface area contributed by atoms with Crippen LogP contribution in [0.4, 0.5) is 9.59 Å². The summed E-state index contributed by atoms with van der Waals surface area (Å²) in [6.07, 6.45) is 4.76. The van der Waals surface area contributed by atoms with Crippen molar-refractivity contribution < 1.29 is 14.4 Å². The number of nitrogens with one attached hydrogen (secondary N) is 3. The third-order valence-corrected chi connectivity index (χ3v) is 4.71. The molecule has 0 bridgehead atoms. The Morgan fingerprint density at radius 2 is 2.08 bits per heavy atom. The van der Waals surface area contributed by atoms with E-state index in [2.05, 4.69) is 28.1 Å². The number of urea groups is 2. The maximum absolute atomic E-state index is 12.2. The maximum Gasteiger partial charge on any atom is 0.324 e. The van der Waals surface area contributed by atoms with E-state index in [0.29, 0.717) is 19.5 Å². The molecule has 1 aliphatic heterocycles. The fraction of sp³-hybridized carbons (Fsp3) is 0.500. The summed E-state index contributed by atoms with van der Waals surface area (Å²) in [5, 5.41) is 8.34. The number of fused-ring (bicyclic) bond motifs is 1. The first-order valence-electron chi connectivity index (χ1n) is 8.85. The Morgan fingerprint density at radius 3 is 2.88 bits per heavy atom. The first-order chi connectivity index (χ1) is 12.1. The minimum absolute atomic E-state index is 0.0321. The molecule has 3 N–H and O–H groups in total. The average molecular weight is 344 g/mol. The van der Waals surface area contributed by atoms with Crippen molar-refractivity contribution in [1.82, 2.24) is 20.9 Å². The predicted molar refractivity (Wildman–Crippen MR) is 93.0 cm³/mol. The Hall–Kier alpha value is -2.57. The van der Waals surface area contributed by atoms with Gasteiger partial charge >= 0.3 is 12.1 Å². The summed E-state index contributed by atoms with van der Waals surface area (Å²) in [6.45, 7) is 0.794. The minimum Gasteiger partial charge on any atom is -0.338 e. The van der Waals surface area contributed by atoms with Crippen molar-refractivity contribution in [2.45, 2.75) is 38.1 Å². The Balaban J connectivity index is 1.45. The van der Waals surface area contributed by atoms with E-state index in [1.165, 1.54) is 16.0 Å². The van der Waals surface area contributed by atoms with Crippen LogP contribution in [-0.4, -0.2) is 42.5 Å². The van der Waals surface area contributed by atoms with Crippen molar-refractivity contribution in [3.05, 3.63) is 35.4 Å². The highest BCUT2D eigenvalue weighted by Crippen LogP contribution is 2.28. The van der Waals surface area contributed by atoms with Crippen molar-refractivity contribution in [3.8, 4) is 0 Å². The summed E-state index contributed by atoms with van der Waals surface area (Å²) in [6, 6.07) is 7.73. The number of hydrogen-bond acceptors (Lipinski definition) is 3. The molecule has 1 heterocycles. The first kappa shape index (κ1) is 17.3. The fourth-order valence-electron chi connectivity index (χ4n) is 3.40. The van der Waals surface area contributed by atoms with E-state index in [1.807, 2.05) is 12.1 Å². The zero-order valence-electron chi connectivity index (χ0n) is 14.2. The number of aryl methyl sites for hydroxylation is 1. The van der Waals surface area contributed by atoms with E-state index in [1.54, 1.807) is 0 Å². The van der Waals surface area contributed by atoms with Gasteiger partial charge in [0.2, 0.25) is 5.91 Å². The molecule has 1 fully saturated rings. The van der Waals surface area contributed by atoms with Gasteiger partial charge in [0.1, 0.15) is 0 Å². The van der Waals surface area contributed by atoms with Crippen LogP contribution in [-0.2, 0) is 11.2 Å². The van der Waals surface area contributed by atoms with Crippen LogP contribution >= 0.6 is 0 Å². The van der Waals surface area contributed by atoms with Gasteiger partial charge in [-0.2, -0.15) is 0 Å². The van der Waals surface area contributed by atoms with Gasteiger partial charge in [0.05, 0.1) is 12.6 Å². The number of rotatable bonds is 5. The van der Waals surface area contributed by atoms with Crippen molar-refractivity contribution >= 4 is 18.0 Å². The van der Waals surface area contributed by atoms with Crippen molar-refractivity contribution in [3.63, 3.8) is 0 Å². The molecule has 25 heavy (non-hydrogen) atoms. The maximum atomic E-state index is 12.2. The fourth-order valence-corrected chi connectivity index (χ4v) is 3.40. The van der Waals surface area contributed by atoms with Crippen LogP contribution in [0, 0.1) is 0 Å². The highest BCUT2D eigenvalue weighted by Gasteiger charge is 2.27. The largest absolute Gasteiger partial charge is 0.338 e. The van der Waals surface area contributed by atoms with Crippen LogP contribution in [0.15, 0.2) is 24.3 Å². The Kier molecular flexibility index (Phi) is 5.53. The number of carbonyl (C=O) groups excluding carboxylic acids is 3. The lowest BCUT2D eigenvalue weighted by Crippen LogP contribution is -2.40. The third kappa shape index (κ3) is 4.29. The summed E-state index contributed by atoms with van der Waals surface area (Å²) >= 11 is 0.